The topological polar surface area (TPSA) is 64.6 Å². The Kier molecular flexibility index (Phi) is 6.99. The summed E-state index contributed by atoms with van der Waals surface area (Å²) in [4.78, 5) is 24.5. The monoisotopic (exact) mass is 369 g/mol. The number of hydrogen-bond donors (Lipinski definition) is 1. The van der Waals surface area contributed by atoms with Crippen LogP contribution in [0.25, 0.3) is 0 Å². The van der Waals surface area contributed by atoms with Gasteiger partial charge in [-0.05, 0) is 81.1 Å². The average molecular weight is 369 g/mol. The molecule has 0 fully saturated rings. The van der Waals surface area contributed by atoms with Crippen LogP contribution in [0.5, 0.6) is 5.75 Å². The minimum Gasteiger partial charge on any atom is -0.481 e. The molecule has 0 aliphatic carbocycles. The van der Waals surface area contributed by atoms with Crippen LogP contribution >= 0.6 is 0 Å². The lowest BCUT2D eigenvalue weighted by molar-refractivity contribution is -0.122. The van der Waals surface area contributed by atoms with Crippen molar-refractivity contribution < 1.29 is 19.1 Å². The maximum atomic E-state index is 12.6. The first-order valence-electron chi connectivity index (χ1n) is 9.18. The second-order valence-electron chi connectivity index (χ2n) is 6.50. The molecule has 0 heterocycles. The van der Waals surface area contributed by atoms with Crippen LogP contribution in [0.1, 0.15) is 47.3 Å². The summed E-state index contributed by atoms with van der Waals surface area (Å²) in [6.07, 6.45) is -0.0603. The van der Waals surface area contributed by atoms with E-state index in [0.717, 1.165) is 11.1 Å². The number of esters is 1. The molecule has 0 aliphatic rings. The average Bonchev–Trinajstić information content (AvgIpc) is 2.64. The molecular formula is C22H27NO4. The third-order valence-electron chi connectivity index (χ3n) is 4.42. The van der Waals surface area contributed by atoms with E-state index in [4.69, 9.17) is 9.47 Å². The number of ether oxygens (including phenoxy) is 2. The number of rotatable bonds is 7. The molecule has 0 aromatic heterocycles. The smallest absolute Gasteiger partial charge is 0.338 e. The van der Waals surface area contributed by atoms with Crippen LogP contribution in [-0.4, -0.2) is 24.6 Å². The summed E-state index contributed by atoms with van der Waals surface area (Å²) in [5.74, 6) is 0.0835. The molecule has 0 unspecified atom stereocenters. The molecule has 5 nitrogen and oxygen atoms in total. The molecular weight excluding hydrogens is 342 g/mol. The third-order valence-corrected chi connectivity index (χ3v) is 4.42. The Bertz CT molecular complexity index is 829. The lowest BCUT2D eigenvalue weighted by Gasteiger charge is -2.19. The van der Waals surface area contributed by atoms with Gasteiger partial charge in [-0.3, -0.25) is 4.79 Å². The maximum absolute atomic E-state index is 12.6. The highest BCUT2D eigenvalue weighted by molar-refractivity contribution is 5.96. The van der Waals surface area contributed by atoms with Crippen LogP contribution in [-0.2, 0) is 9.53 Å². The highest BCUT2D eigenvalue weighted by Crippen LogP contribution is 2.21. The van der Waals surface area contributed by atoms with Crippen molar-refractivity contribution in [3.8, 4) is 5.75 Å². The van der Waals surface area contributed by atoms with E-state index in [2.05, 4.69) is 5.32 Å². The summed E-state index contributed by atoms with van der Waals surface area (Å²) in [7, 11) is 0. The number of aryl methyl sites for hydroxylation is 3. The van der Waals surface area contributed by atoms with E-state index in [1.165, 1.54) is 5.56 Å². The normalized spacial score (nSPS) is 11.6. The van der Waals surface area contributed by atoms with E-state index in [-0.39, 0.29) is 11.9 Å². The Morgan fingerprint density at radius 1 is 0.963 bits per heavy atom. The molecule has 1 atom stereocenters. The molecule has 0 saturated heterocycles. The van der Waals surface area contributed by atoms with Gasteiger partial charge in [0.15, 0.2) is 6.10 Å². The number of amides is 1. The van der Waals surface area contributed by atoms with Crippen LogP contribution in [0.4, 0.5) is 5.69 Å². The van der Waals surface area contributed by atoms with E-state index in [1.54, 1.807) is 25.1 Å². The van der Waals surface area contributed by atoms with E-state index >= 15 is 0 Å². The van der Waals surface area contributed by atoms with Crippen LogP contribution in [0.2, 0.25) is 0 Å². The highest BCUT2D eigenvalue weighted by Gasteiger charge is 2.20. The summed E-state index contributed by atoms with van der Waals surface area (Å²) in [5, 5.41) is 2.89. The van der Waals surface area contributed by atoms with E-state index in [9.17, 15) is 9.59 Å². The molecule has 0 saturated carbocycles. The zero-order valence-electron chi connectivity index (χ0n) is 16.6. The van der Waals surface area contributed by atoms with E-state index in [0.29, 0.717) is 30.0 Å². The Morgan fingerprint density at radius 2 is 1.70 bits per heavy atom. The van der Waals surface area contributed by atoms with Gasteiger partial charge in [0, 0.05) is 5.69 Å². The fourth-order valence-corrected chi connectivity index (χ4v) is 2.63. The van der Waals surface area contributed by atoms with Gasteiger partial charge < -0.3 is 14.8 Å². The molecule has 0 aliphatic heterocycles. The number of hydrogen-bond acceptors (Lipinski definition) is 4. The highest BCUT2D eigenvalue weighted by atomic mass is 16.5. The molecule has 2 aromatic carbocycles. The fourth-order valence-electron chi connectivity index (χ4n) is 2.63. The zero-order chi connectivity index (χ0) is 20.0. The van der Waals surface area contributed by atoms with Gasteiger partial charge in [0.25, 0.3) is 5.91 Å². The minimum absolute atomic E-state index is 0.220. The van der Waals surface area contributed by atoms with Crippen molar-refractivity contribution >= 4 is 17.6 Å². The number of nitrogens with one attached hydrogen (secondary N) is 1. The molecule has 0 spiro atoms. The summed E-state index contributed by atoms with van der Waals surface area (Å²) >= 11 is 0. The van der Waals surface area contributed by atoms with E-state index < -0.39 is 6.10 Å². The van der Waals surface area contributed by atoms with Crippen molar-refractivity contribution in [3.05, 3.63) is 58.7 Å². The molecule has 1 amide bonds. The van der Waals surface area contributed by atoms with Gasteiger partial charge in [-0.15, -0.1) is 0 Å². The molecule has 144 valence electrons. The van der Waals surface area contributed by atoms with Crippen LogP contribution < -0.4 is 10.1 Å². The zero-order valence-corrected chi connectivity index (χ0v) is 16.6. The molecule has 2 rings (SSSR count). The Morgan fingerprint density at radius 3 is 2.30 bits per heavy atom. The summed E-state index contributed by atoms with van der Waals surface area (Å²) in [6, 6.07) is 10.8. The SMILES string of the molecule is CCOC(=O)c1ccc(NC(=O)[C@H](CC)Oc2ccc(C)c(C)c2)c(C)c1. The van der Waals surface area contributed by atoms with Gasteiger partial charge in [-0.1, -0.05) is 13.0 Å². The largest absolute Gasteiger partial charge is 0.481 e. The van der Waals surface area contributed by atoms with Crippen LogP contribution in [0.3, 0.4) is 0 Å². The molecule has 0 radical (unpaired) electrons. The van der Waals surface area contributed by atoms with Crippen LogP contribution in [0.15, 0.2) is 36.4 Å². The molecule has 27 heavy (non-hydrogen) atoms. The van der Waals surface area contributed by atoms with Gasteiger partial charge in [0.1, 0.15) is 5.75 Å². The van der Waals surface area contributed by atoms with Crippen LogP contribution in [0, 0.1) is 20.8 Å². The van der Waals surface area contributed by atoms with Crippen molar-refractivity contribution in [2.24, 2.45) is 0 Å². The quantitative estimate of drug-likeness (QED) is 0.725. The Balaban J connectivity index is 2.09. The standard InChI is InChI=1S/C22H27NO4/c1-6-20(27-18-10-8-14(3)15(4)13-18)21(24)23-19-11-9-17(12-16(19)5)22(25)26-7-2/h8-13,20H,6-7H2,1-5H3,(H,23,24)/t20-/m0/s1. The van der Waals surface area contributed by atoms with Gasteiger partial charge in [0.2, 0.25) is 0 Å². The molecule has 5 heteroatoms. The van der Waals surface area contributed by atoms with Gasteiger partial charge in [0.05, 0.1) is 12.2 Å². The molecule has 2 aromatic rings. The lowest BCUT2D eigenvalue weighted by Crippen LogP contribution is -2.32. The van der Waals surface area contributed by atoms with Gasteiger partial charge in [-0.25, -0.2) is 4.79 Å². The van der Waals surface area contributed by atoms with Gasteiger partial charge >= 0.3 is 5.97 Å². The van der Waals surface area contributed by atoms with E-state index in [1.807, 2.05) is 45.9 Å². The molecule has 0 bridgehead atoms. The van der Waals surface area contributed by atoms with Crippen molar-refractivity contribution in [3.63, 3.8) is 0 Å². The number of benzene rings is 2. The second kappa shape index (κ2) is 9.21. The summed E-state index contributed by atoms with van der Waals surface area (Å²) in [5.41, 5.74) is 4.20. The Labute approximate surface area is 160 Å². The number of anilines is 1. The minimum atomic E-state index is -0.601. The predicted molar refractivity (Wildman–Crippen MR) is 106 cm³/mol. The Hall–Kier alpha value is -2.82. The fraction of sp³-hybridized carbons (Fsp3) is 0.364. The first-order valence-corrected chi connectivity index (χ1v) is 9.18. The van der Waals surface area contributed by atoms with Gasteiger partial charge in [-0.2, -0.15) is 0 Å². The third kappa shape index (κ3) is 5.33. The predicted octanol–water partition coefficient (Wildman–Crippen LogP) is 4.58. The van der Waals surface area contributed by atoms with Crippen molar-refractivity contribution in [1.82, 2.24) is 0 Å². The second-order valence-corrected chi connectivity index (χ2v) is 6.50. The summed E-state index contributed by atoms with van der Waals surface area (Å²) < 4.78 is 10.9. The summed E-state index contributed by atoms with van der Waals surface area (Å²) in [6.45, 7) is 9.87. The van der Waals surface area contributed by atoms with Crippen molar-refractivity contribution in [2.45, 2.75) is 47.1 Å². The first-order chi connectivity index (χ1) is 12.8. The van der Waals surface area contributed by atoms with Crippen molar-refractivity contribution in [1.29, 1.82) is 0 Å². The van der Waals surface area contributed by atoms with Crippen molar-refractivity contribution in [2.75, 3.05) is 11.9 Å². The number of carbonyl (C=O) groups is 2. The molecule has 1 N–H and O–H groups in total. The maximum Gasteiger partial charge on any atom is 0.338 e. The lowest BCUT2D eigenvalue weighted by atomic mass is 10.1. The number of carbonyl (C=O) groups excluding carboxylic acids is 2. The first kappa shape index (κ1) is 20.5.